The summed E-state index contributed by atoms with van der Waals surface area (Å²) in [6.07, 6.45) is -0.519. The van der Waals surface area contributed by atoms with E-state index in [4.69, 9.17) is 16.3 Å². The smallest absolute Gasteiger partial charge is 0.119 e. The number of aliphatic hydroxyl groups excluding tert-OH is 1. The summed E-state index contributed by atoms with van der Waals surface area (Å²) < 4.78 is 5.81. The van der Waals surface area contributed by atoms with Gasteiger partial charge in [-0.05, 0) is 47.9 Å². The minimum Gasteiger partial charge on any atom is -0.491 e. The number of benzene rings is 3. The first kappa shape index (κ1) is 21.7. The van der Waals surface area contributed by atoms with Crippen LogP contribution in [0.2, 0.25) is 5.02 Å². The summed E-state index contributed by atoms with van der Waals surface area (Å²) in [5.41, 5.74) is 4.60. The highest BCUT2D eigenvalue weighted by Crippen LogP contribution is 2.24. The molecular formula is C26H29ClN2O2. The number of anilines is 1. The Morgan fingerprint density at radius 3 is 2.26 bits per heavy atom. The van der Waals surface area contributed by atoms with Gasteiger partial charge in [-0.3, -0.25) is 4.90 Å². The molecule has 0 aliphatic carbocycles. The molecule has 0 saturated carbocycles. The van der Waals surface area contributed by atoms with Crippen molar-refractivity contribution in [2.45, 2.75) is 13.0 Å². The van der Waals surface area contributed by atoms with Crippen molar-refractivity contribution in [3.05, 3.63) is 83.4 Å². The van der Waals surface area contributed by atoms with Crippen molar-refractivity contribution in [1.82, 2.24) is 4.90 Å². The van der Waals surface area contributed by atoms with Crippen LogP contribution in [-0.4, -0.2) is 55.4 Å². The van der Waals surface area contributed by atoms with E-state index in [2.05, 4.69) is 34.1 Å². The van der Waals surface area contributed by atoms with Gasteiger partial charge in [0, 0.05) is 43.4 Å². The van der Waals surface area contributed by atoms with Crippen molar-refractivity contribution >= 4 is 17.3 Å². The van der Waals surface area contributed by atoms with E-state index in [0.29, 0.717) is 13.2 Å². The first-order valence-corrected chi connectivity index (χ1v) is 11.2. The van der Waals surface area contributed by atoms with Crippen LogP contribution in [0.15, 0.2) is 72.8 Å². The van der Waals surface area contributed by atoms with Crippen LogP contribution in [0.25, 0.3) is 11.1 Å². The lowest BCUT2D eigenvalue weighted by Gasteiger charge is -2.37. The summed E-state index contributed by atoms with van der Waals surface area (Å²) >= 11 is 6.27. The van der Waals surface area contributed by atoms with Crippen molar-refractivity contribution in [2.75, 3.05) is 44.2 Å². The molecule has 1 N–H and O–H groups in total. The molecule has 31 heavy (non-hydrogen) atoms. The Morgan fingerprint density at radius 2 is 1.58 bits per heavy atom. The summed E-state index contributed by atoms with van der Waals surface area (Å²) in [6.45, 7) is 6.60. The molecule has 162 valence electrons. The molecule has 0 amide bonds. The lowest BCUT2D eigenvalue weighted by Crippen LogP contribution is -2.49. The summed E-state index contributed by atoms with van der Waals surface area (Å²) in [5, 5.41) is 11.3. The van der Waals surface area contributed by atoms with Gasteiger partial charge in [0.1, 0.15) is 18.5 Å². The molecule has 0 bridgehead atoms. The molecule has 4 nitrogen and oxygen atoms in total. The Morgan fingerprint density at radius 1 is 0.903 bits per heavy atom. The number of nitrogens with zero attached hydrogens (tertiary/aromatic N) is 2. The summed E-state index contributed by atoms with van der Waals surface area (Å²) in [5.74, 6) is 0.778. The number of aliphatic hydroxyl groups is 1. The van der Waals surface area contributed by atoms with Crippen molar-refractivity contribution in [1.29, 1.82) is 0 Å². The molecule has 1 aliphatic rings. The number of halogens is 1. The van der Waals surface area contributed by atoms with E-state index in [-0.39, 0.29) is 0 Å². The van der Waals surface area contributed by atoms with E-state index in [1.807, 2.05) is 55.5 Å². The number of rotatable bonds is 7. The quantitative estimate of drug-likeness (QED) is 0.572. The van der Waals surface area contributed by atoms with Gasteiger partial charge in [0.05, 0.1) is 0 Å². The molecule has 1 atom stereocenters. The van der Waals surface area contributed by atoms with E-state index in [1.165, 1.54) is 5.56 Å². The van der Waals surface area contributed by atoms with Crippen molar-refractivity contribution in [3.63, 3.8) is 0 Å². The van der Waals surface area contributed by atoms with Gasteiger partial charge in [-0.2, -0.15) is 0 Å². The summed E-state index contributed by atoms with van der Waals surface area (Å²) in [4.78, 5) is 4.64. The zero-order valence-corrected chi connectivity index (χ0v) is 18.6. The number of piperazine rings is 1. The van der Waals surface area contributed by atoms with Crippen LogP contribution < -0.4 is 9.64 Å². The Bertz CT molecular complexity index is 970. The molecule has 0 spiro atoms. The average molecular weight is 437 g/mol. The van der Waals surface area contributed by atoms with Crippen LogP contribution >= 0.6 is 11.6 Å². The third-order valence-corrected chi connectivity index (χ3v) is 6.17. The van der Waals surface area contributed by atoms with Gasteiger partial charge in [-0.15, -0.1) is 0 Å². The van der Waals surface area contributed by atoms with Gasteiger partial charge < -0.3 is 14.7 Å². The van der Waals surface area contributed by atoms with Gasteiger partial charge in [-0.25, -0.2) is 0 Å². The summed E-state index contributed by atoms with van der Waals surface area (Å²) in [7, 11) is 0. The number of aryl methyl sites for hydroxylation is 1. The molecule has 4 rings (SSSR count). The predicted octanol–water partition coefficient (Wildman–Crippen LogP) is 4.88. The van der Waals surface area contributed by atoms with Gasteiger partial charge in [-0.1, -0.05) is 60.1 Å². The lowest BCUT2D eigenvalue weighted by molar-refractivity contribution is 0.0663. The lowest BCUT2D eigenvalue weighted by atomic mass is 10.1. The molecule has 0 radical (unpaired) electrons. The van der Waals surface area contributed by atoms with E-state index in [9.17, 15) is 5.11 Å². The van der Waals surface area contributed by atoms with E-state index < -0.39 is 6.10 Å². The Balaban J connectivity index is 1.21. The van der Waals surface area contributed by atoms with E-state index >= 15 is 0 Å². The molecule has 0 aromatic heterocycles. The standard InChI is InChI=1S/C26H29ClN2O2/c1-20-7-10-23(17-26(20)27)29-15-13-28(14-16-29)18-24(30)19-31-25-11-8-22(9-12-25)21-5-3-2-4-6-21/h2-12,17,24,30H,13-16,18-19H2,1H3/t24-/m0/s1. The minimum absolute atomic E-state index is 0.290. The maximum absolute atomic E-state index is 10.4. The Kier molecular flexibility index (Phi) is 7.13. The monoisotopic (exact) mass is 436 g/mol. The average Bonchev–Trinajstić information content (AvgIpc) is 2.81. The first-order valence-electron chi connectivity index (χ1n) is 10.8. The zero-order valence-electron chi connectivity index (χ0n) is 17.9. The number of ether oxygens (including phenoxy) is 1. The fourth-order valence-electron chi connectivity index (χ4n) is 3.88. The van der Waals surface area contributed by atoms with Crippen molar-refractivity contribution in [2.24, 2.45) is 0 Å². The molecule has 3 aromatic carbocycles. The molecule has 1 aliphatic heterocycles. The SMILES string of the molecule is Cc1ccc(N2CCN(C[C@H](O)COc3ccc(-c4ccccc4)cc3)CC2)cc1Cl. The first-order chi connectivity index (χ1) is 15.1. The molecule has 5 heteroatoms. The highest BCUT2D eigenvalue weighted by Gasteiger charge is 2.20. The molecule has 1 saturated heterocycles. The van der Waals surface area contributed by atoms with Gasteiger partial charge >= 0.3 is 0 Å². The normalized spacial score (nSPS) is 15.6. The minimum atomic E-state index is -0.519. The second-order valence-electron chi connectivity index (χ2n) is 8.08. The van der Waals surface area contributed by atoms with Crippen LogP contribution in [0.3, 0.4) is 0 Å². The van der Waals surface area contributed by atoms with Crippen LogP contribution in [0, 0.1) is 6.92 Å². The van der Waals surface area contributed by atoms with Crippen LogP contribution in [0.1, 0.15) is 5.56 Å². The molecular weight excluding hydrogens is 408 g/mol. The van der Waals surface area contributed by atoms with Crippen LogP contribution in [-0.2, 0) is 0 Å². The maximum atomic E-state index is 10.4. The molecule has 1 fully saturated rings. The number of β-amino-alcohol motifs (C(OH)–C–C–N with tert-alkyl or cyclic N) is 1. The number of hydrogen-bond acceptors (Lipinski definition) is 4. The largest absolute Gasteiger partial charge is 0.491 e. The fourth-order valence-corrected chi connectivity index (χ4v) is 4.06. The molecule has 1 heterocycles. The highest BCUT2D eigenvalue weighted by molar-refractivity contribution is 6.31. The van der Waals surface area contributed by atoms with Gasteiger partial charge in [0.2, 0.25) is 0 Å². The van der Waals surface area contributed by atoms with Gasteiger partial charge in [0.25, 0.3) is 0 Å². The third-order valence-electron chi connectivity index (χ3n) is 5.77. The summed E-state index contributed by atoms with van der Waals surface area (Å²) in [6, 6.07) is 24.5. The highest BCUT2D eigenvalue weighted by atomic mass is 35.5. The van der Waals surface area contributed by atoms with Crippen LogP contribution in [0.4, 0.5) is 5.69 Å². The second-order valence-corrected chi connectivity index (χ2v) is 8.48. The maximum Gasteiger partial charge on any atom is 0.119 e. The predicted molar refractivity (Wildman–Crippen MR) is 128 cm³/mol. The zero-order chi connectivity index (χ0) is 21.6. The fraction of sp³-hybridized carbons (Fsp3) is 0.308. The third kappa shape index (κ3) is 5.79. The van der Waals surface area contributed by atoms with Crippen molar-refractivity contribution < 1.29 is 9.84 Å². The van der Waals surface area contributed by atoms with Crippen LogP contribution in [0.5, 0.6) is 5.75 Å². The van der Waals surface area contributed by atoms with Crippen molar-refractivity contribution in [3.8, 4) is 16.9 Å². The van der Waals surface area contributed by atoms with E-state index in [0.717, 1.165) is 53.8 Å². The Labute approximate surface area is 189 Å². The molecule has 3 aromatic rings. The molecule has 0 unspecified atom stereocenters. The topological polar surface area (TPSA) is 35.9 Å². The number of hydrogen-bond donors (Lipinski definition) is 1. The second kappa shape index (κ2) is 10.2. The van der Waals surface area contributed by atoms with E-state index in [1.54, 1.807) is 0 Å². The Hall–Kier alpha value is -2.53. The van der Waals surface area contributed by atoms with Gasteiger partial charge in [0.15, 0.2) is 0 Å².